The largest absolute Gasteiger partial charge is 0.497 e. The van der Waals surface area contributed by atoms with E-state index in [-0.39, 0.29) is 23.6 Å². The van der Waals surface area contributed by atoms with Gasteiger partial charge >= 0.3 is 12.1 Å². The minimum absolute atomic E-state index is 0.0225. The van der Waals surface area contributed by atoms with Crippen LogP contribution in [0.2, 0.25) is 0 Å². The van der Waals surface area contributed by atoms with E-state index in [1.54, 1.807) is 24.3 Å². The zero-order valence-electron chi connectivity index (χ0n) is 15.9. The Morgan fingerprint density at radius 1 is 1.16 bits per heavy atom. The first-order chi connectivity index (χ1) is 14.6. The van der Waals surface area contributed by atoms with E-state index >= 15 is 0 Å². The number of rotatable bonds is 8. The van der Waals surface area contributed by atoms with Crippen LogP contribution in [0, 0.1) is 0 Å². The number of benzene rings is 1. The number of ketones is 1. The number of hydrogen-bond acceptors (Lipinski definition) is 8. The standard InChI is InChI=1S/C18H15F3N4O5S/c1-29-13-5-2-11(3-6-13)8-23-31(27,28)10-15(26)14-7-4-12(9-22-14)16-24-17(30-25-16)18(19,20)21/h2-7,9,23H,8,10H2,1H3. The van der Waals surface area contributed by atoms with E-state index in [2.05, 4.69) is 24.4 Å². The Morgan fingerprint density at radius 3 is 2.42 bits per heavy atom. The number of hydrogen-bond donors (Lipinski definition) is 1. The topological polar surface area (TPSA) is 124 Å². The first kappa shape index (κ1) is 22.4. The van der Waals surface area contributed by atoms with Crippen LogP contribution in [-0.4, -0.2) is 42.2 Å². The molecule has 0 fully saturated rings. The minimum atomic E-state index is -4.79. The van der Waals surface area contributed by atoms with Crippen LogP contribution in [0.5, 0.6) is 5.75 Å². The van der Waals surface area contributed by atoms with Crippen LogP contribution >= 0.6 is 0 Å². The summed E-state index contributed by atoms with van der Waals surface area (Å²) in [6.07, 6.45) is -3.74. The van der Waals surface area contributed by atoms with Crippen molar-refractivity contribution >= 4 is 15.8 Å². The smallest absolute Gasteiger partial charge is 0.471 e. The molecule has 9 nitrogen and oxygen atoms in total. The van der Waals surface area contributed by atoms with E-state index in [4.69, 9.17) is 4.74 Å². The molecule has 0 radical (unpaired) electrons. The molecule has 0 amide bonds. The highest BCUT2D eigenvalue weighted by atomic mass is 32.2. The molecule has 3 rings (SSSR count). The molecule has 2 heterocycles. The van der Waals surface area contributed by atoms with Crippen LogP contribution in [0.15, 0.2) is 47.1 Å². The highest BCUT2D eigenvalue weighted by Gasteiger charge is 2.38. The van der Waals surface area contributed by atoms with Crippen molar-refractivity contribution in [1.82, 2.24) is 19.8 Å². The molecule has 0 saturated carbocycles. The summed E-state index contributed by atoms with van der Waals surface area (Å²) in [6, 6.07) is 9.09. The van der Waals surface area contributed by atoms with Crippen molar-refractivity contribution in [3.05, 3.63) is 59.7 Å². The molecule has 0 unspecified atom stereocenters. The molecule has 0 atom stereocenters. The number of nitrogens with one attached hydrogen (secondary N) is 1. The maximum absolute atomic E-state index is 12.5. The number of halogens is 3. The van der Waals surface area contributed by atoms with Crippen molar-refractivity contribution < 1.29 is 35.6 Å². The van der Waals surface area contributed by atoms with Crippen molar-refractivity contribution in [2.45, 2.75) is 12.7 Å². The van der Waals surface area contributed by atoms with Crippen LogP contribution in [0.3, 0.4) is 0 Å². The highest BCUT2D eigenvalue weighted by molar-refractivity contribution is 7.90. The fourth-order valence-electron chi connectivity index (χ4n) is 2.38. The molecular formula is C18H15F3N4O5S. The minimum Gasteiger partial charge on any atom is -0.497 e. The van der Waals surface area contributed by atoms with Gasteiger partial charge < -0.3 is 9.26 Å². The quantitative estimate of drug-likeness (QED) is 0.513. The molecule has 164 valence electrons. The number of sulfonamides is 1. The van der Waals surface area contributed by atoms with Gasteiger partial charge in [0.05, 0.1) is 7.11 Å². The zero-order chi connectivity index (χ0) is 22.6. The summed E-state index contributed by atoms with van der Waals surface area (Å²) in [5.74, 6) is -2.91. The SMILES string of the molecule is COc1ccc(CNS(=O)(=O)CC(=O)c2ccc(-c3noc(C(F)(F)F)n3)cn2)cc1. The van der Waals surface area contributed by atoms with Gasteiger partial charge in [-0.2, -0.15) is 18.2 Å². The van der Waals surface area contributed by atoms with Gasteiger partial charge in [-0.1, -0.05) is 17.3 Å². The van der Waals surface area contributed by atoms with Crippen molar-refractivity contribution in [2.24, 2.45) is 0 Å². The van der Waals surface area contributed by atoms with Gasteiger partial charge in [-0.05, 0) is 29.8 Å². The summed E-state index contributed by atoms with van der Waals surface area (Å²) in [5.41, 5.74) is 0.548. The second-order valence-electron chi connectivity index (χ2n) is 6.20. The fourth-order valence-corrected chi connectivity index (χ4v) is 3.36. The predicted molar refractivity (Wildman–Crippen MR) is 100 cm³/mol. The van der Waals surface area contributed by atoms with Gasteiger partial charge in [0, 0.05) is 18.3 Å². The van der Waals surface area contributed by atoms with Gasteiger partial charge in [-0.3, -0.25) is 9.78 Å². The first-order valence-corrected chi connectivity index (χ1v) is 10.2. The summed E-state index contributed by atoms with van der Waals surface area (Å²) < 4.78 is 73.4. The number of aromatic nitrogens is 3. The van der Waals surface area contributed by atoms with Crippen molar-refractivity contribution in [1.29, 1.82) is 0 Å². The van der Waals surface area contributed by atoms with Crippen molar-refractivity contribution in [3.63, 3.8) is 0 Å². The van der Waals surface area contributed by atoms with Gasteiger partial charge in [-0.15, -0.1) is 0 Å². The summed E-state index contributed by atoms with van der Waals surface area (Å²) in [4.78, 5) is 19.2. The number of carbonyl (C=O) groups excluding carboxylic acids is 1. The third kappa shape index (κ3) is 5.86. The van der Waals surface area contributed by atoms with E-state index in [1.165, 1.54) is 19.2 Å². The van der Waals surface area contributed by atoms with Gasteiger partial charge in [-0.25, -0.2) is 13.1 Å². The molecule has 0 spiro atoms. The molecule has 13 heteroatoms. The Balaban J connectivity index is 1.62. The molecule has 0 aliphatic carbocycles. The Labute approximate surface area is 174 Å². The summed E-state index contributed by atoms with van der Waals surface area (Å²) in [7, 11) is -2.45. The lowest BCUT2D eigenvalue weighted by atomic mass is 10.2. The van der Waals surface area contributed by atoms with E-state index < -0.39 is 33.6 Å². The molecule has 1 N–H and O–H groups in total. The number of methoxy groups -OCH3 is 1. The molecule has 1 aromatic carbocycles. The second kappa shape index (κ2) is 8.81. The number of nitrogens with zero attached hydrogens (tertiary/aromatic N) is 3. The molecule has 2 aromatic heterocycles. The first-order valence-electron chi connectivity index (χ1n) is 8.58. The number of ether oxygens (including phenoxy) is 1. The van der Waals surface area contributed by atoms with Gasteiger partial charge in [0.15, 0.2) is 5.78 Å². The maximum atomic E-state index is 12.5. The van der Waals surface area contributed by atoms with Crippen LogP contribution < -0.4 is 9.46 Å². The monoisotopic (exact) mass is 456 g/mol. The van der Waals surface area contributed by atoms with Crippen LogP contribution in [0.4, 0.5) is 13.2 Å². The molecular weight excluding hydrogens is 441 g/mol. The lowest BCUT2D eigenvalue weighted by Gasteiger charge is -2.07. The van der Waals surface area contributed by atoms with Crippen molar-refractivity contribution in [2.75, 3.05) is 12.9 Å². The summed E-state index contributed by atoms with van der Waals surface area (Å²) in [5, 5.41) is 3.21. The summed E-state index contributed by atoms with van der Waals surface area (Å²) >= 11 is 0. The fraction of sp³-hybridized carbons (Fsp3) is 0.222. The number of pyridine rings is 1. The lowest BCUT2D eigenvalue weighted by molar-refractivity contribution is -0.159. The lowest BCUT2D eigenvalue weighted by Crippen LogP contribution is -2.30. The van der Waals surface area contributed by atoms with Gasteiger partial charge in [0.2, 0.25) is 15.8 Å². The van der Waals surface area contributed by atoms with Crippen LogP contribution in [0.1, 0.15) is 21.9 Å². The van der Waals surface area contributed by atoms with Crippen molar-refractivity contribution in [3.8, 4) is 17.1 Å². The average molecular weight is 456 g/mol. The number of carbonyl (C=O) groups is 1. The molecule has 31 heavy (non-hydrogen) atoms. The van der Waals surface area contributed by atoms with E-state index in [0.29, 0.717) is 11.3 Å². The Morgan fingerprint density at radius 2 is 1.87 bits per heavy atom. The average Bonchev–Trinajstić information content (AvgIpc) is 3.23. The van der Waals surface area contributed by atoms with E-state index in [9.17, 15) is 26.4 Å². The van der Waals surface area contributed by atoms with E-state index in [0.717, 1.165) is 6.20 Å². The Kier molecular flexibility index (Phi) is 6.36. The van der Waals surface area contributed by atoms with E-state index in [1.807, 2.05) is 0 Å². The number of alkyl halides is 3. The Hall–Kier alpha value is -3.32. The predicted octanol–water partition coefficient (Wildman–Crippen LogP) is 2.46. The molecule has 0 saturated heterocycles. The normalized spacial score (nSPS) is 12.0. The van der Waals surface area contributed by atoms with Gasteiger partial charge in [0.25, 0.3) is 0 Å². The highest BCUT2D eigenvalue weighted by Crippen LogP contribution is 2.29. The van der Waals surface area contributed by atoms with Gasteiger partial charge in [0.1, 0.15) is 17.2 Å². The second-order valence-corrected chi connectivity index (χ2v) is 8.01. The summed E-state index contributed by atoms with van der Waals surface area (Å²) in [6.45, 7) is -0.0225. The maximum Gasteiger partial charge on any atom is 0.471 e. The third-order valence-corrected chi connectivity index (χ3v) is 5.18. The molecule has 0 aliphatic heterocycles. The molecule has 0 bridgehead atoms. The third-order valence-electron chi connectivity index (χ3n) is 3.95. The van der Waals surface area contributed by atoms with Crippen LogP contribution in [-0.2, 0) is 22.7 Å². The van der Waals surface area contributed by atoms with Crippen LogP contribution in [0.25, 0.3) is 11.4 Å². The number of Topliss-reactive ketones (excluding diaryl/α,β-unsaturated/α-hetero) is 1. The zero-order valence-corrected chi connectivity index (χ0v) is 16.7. The Bertz CT molecular complexity index is 1160. The molecule has 0 aliphatic rings. The molecule has 3 aromatic rings.